The zero-order chi connectivity index (χ0) is 13.3. The van der Waals surface area contributed by atoms with Gasteiger partial charge in [-0.25, -0.2) is 0 Å². The summed E-state index contributed by atoms with van der Waals surface area (Å²) >= 11 is 16.4. The number of carbonyl (C=O) groups excluding carboxylic acids is 1. The summed E-state index contributed by atoms with van der Waals surface area (Å²) in [5.74, 6) is -0.775. The summed E-state index contributed by atoms with van der Waals surface area (Å²) in [6, 6.07) is 1.76. The highest BCUT2D eigenvalue weighted by molar-refractivity contribution is 6.76. The van der Waals surface area contributed by atoms with Gasteiger partial charge in [0.2, 0.25) is 6.20 Å². The average Bonchev–Trinajstić information content (AvgIpc) is 2.27. The zero-order valence-corrected chi connectivity index (χ0v) is 11.6. The molecular formula is C11H11Cl3N2O2. The molecule has 1 heterocycles. The Morgan fingerprint density at radius 2 is 2.00 bits per heavy atom. The van der Waals surface area contributed by atoms with Crippen molar-refractivity contribution in [2.24, 2.45) is 0 Å². The van der Waals surface area contributed by atoms with Crippen LogP contribution in [-0.4, -0.2) is 9.70 Å². The van der Waals surface area contributed by atoms with Crippen molar-refractivity contribution >= 4 is 46.4 Å². The molecule has 7 heteroatoms. The van der Waals surface area contributed by atoms with Gasteiger partial charge in [0.25, 0.3) is 9.70 Å². The van der Waals surface area contributed by atoms with Gasteiger partial charge in [-0.1, -0.05) is 34.8 Å². The molecule has 2 rings (SSSR count). The van der Waals surface area contributed by atoms with E-state index in [-0.39, 0.29) is 0 Å². The average molecular weight is 310 g/mol. The van der Waals surface area contributed by atoms with Crippen LogP contribution in [0, 0.1) is 5.21 Å². The van der Waals surface area contributed by atoms with Crippen LogP contribution in [0.1, 0.15) is 24.1 Å². The van der Waals surface area contributed by atoms with Crippen molar-refractivity contribution in [3.05, 3.63) is 28.7 Å². The largest absolute Gasteiger partial charge is 0.618 e. The Hall–Kier alpha value is -0.710. The minimum atomic E-state index is -2.04. The molecule has 0 saturated heterocycles. The summed E-state index contributed by atoms with van der Waals surface area (Å²) in [5, 5.41) is 14.2. The number of carbonyl (C=O) groups is 1. The van der Waals surface area contributed by atoms with Gasteiger partial charge in [-0.2, -0.15) is 4.73 Å². The summed E-state index contributed by atoms with van der Waals surface area (Å²) in [6.45, 7) is 0. The number of hydrogen-bond acceptors (Lipinski definition) is 2. The highest BCUT2D eigenvalue weighted by Gasteiger charge is 2.31. The Morgan fingerprint density at radius 1 is 1.33 bits per heavy atom. The molecule has 18 heavy (non-hydrogen) atoms. The van der Waals surface area contributed by atoms with E-state index in [1.807, 2.05) is 0 Å². The SMILES string of the molecule is O=C(Nc1cc2c([n+]([O-])c1)CCCC2)C(Cl)(Cl)Cl. The van der Waals surface area contributed by atoms with E-state index in [1.54, 1.807) is 6.07 Å². The zero-order valence-electron chi connectivity index (χ0n) is 9.38. The molecule has 4 nitrogen and oxygen atoms in total. The number of rotatable bonds is 1. The van der Waals surface area contributed by atoms with Crippen molar-refractivity contribution in [2.45, 2.75) is 29.5 Å². The fraction of sp³-hybridized carbons (Fsp3) is 0.455. The van der Waals surface area contributed by atoms with E-state index in [0.29, 0.717) is 5.69 Å². The smallest absolute Gasteiger partial charge is 0.276 e. The van der Waals surface area contributed by atoms with E-state index in [9.17, 15) is 10.0 Å². The number of alkyl halides is 3. The van der Waals surface area contributed by atoms with Gasteiger partial charge < -0.3 is 10.5 Å². The van der Waals surface area contributed by atoms with Crippen LogP contribution in [0.25, 0.3) is 0 Å². The second-order valence-corrected chi connectivity index (χ2v) is 6.47. The molecule has 1 aliphatic rings. The third kappa shape index (κ3) is 2.99. The first-order valence-corrected chi connectivity index (χ1v) is 6.64. The van der Waals surface area contributed by atoms with E-state index in [2.05, 4.69) is 5.32 Å². The van der Waals surface area contributed by atoms with Gasteiger partial charge in [-0.15, -0.1) is 0 Å². The van der Waals surface area contributed by atoms with Gasteiger partial charge in [0.05, 0.1) is 0 Å². The van der Waals surface area contributed by atoms with Crippen molar-refractivity contribution in [2.75, 3.05) is 5.32 Å². The van der Waals surface area contributed by atoms with Crippen LogP contribution in [0.15, 0.2) is 12.3 Å². The molecule has 0 radical (unpaired) electrons. The fourth-order valence-electron chi connectivity index (χ4n) is 2.02. The van der Waals surface area contributed by atoms with E-state index in [0.717, 1.165) is 41.7 Å². The van der Waals surface area contributed by atoms with Crippen molar-refractivity contribution in [3.63, 3.8) is 0 Å². The standard InChI is InChI=1S/C11H11Cl3N2O2/c12-11(13,14)10(17)15-8-5-7-3-1-2-4-9(7)16(18)6-8/h5-6H,1-4H2,(H,15,17). The normalized spacial score (nSPS) is 15.1. The highest BCUT2D eigenvalue weighted by atomic mass is 35.6. The molecule has 98 valence electrons. The second-order valence-electron chi connectivity index (χ2n) is 4.19. The topological polar surface area (TPSA) is 56.0 Å². The molecule has 0 aliphatic heterocycles. The first kappa shape index (κ1) is 13.7. The Bertz CT molecular complexity index is 486. The minimum absolute atomic E-state index is 0.349. The minimum Gasteiger partial charge on any atom is -0.618 e. The maximum atomic E-state index is 11.8. The van der Waals surface area contributed by atoms with Crippen LogP contribution in [-0.2, 0) is 17.6 Å². The lowest BCUT2D eigenvalue weighted by atomic mass is 9.96. The molecule has 0 aromatic carbocycles. The van der Waals surface area contributed by atoms with E-state index >= 15 is 0 Å². The fourth-order valence-corrected chi connectivity index (χ4v) is 2.16. The number of halogens is 3. The maximum Gasteiger partial charge on any atom is 0.276 e. The Kier molecular flexibility index (Phi) is 3.90. The lowest BCUT2D eigenvalue weighted by Crippen LogP contribution is -2.36. The summed E-state index contributed by atoms with van der Waals surface area (Å²) in [6.07, 6.45) is 4.93. The van der Waals surface area contributed by atoms with Gasteiger partial charge in [-0.05, 0) is 25.3 Å². The van der Waals surface area contributed by atoms with Crippen molar-refractivity contribution in [1.82, 2.24) is 0 Å². The molecule has 1 aromatic rings. The number of aromatic nitrogens is 1. The first-order chi connectivity index (χ1) is 8.38. The predicted octanol–water partition coefficient (Wildman–Crippen LogP) is 2.51. The summed E-state index contributed by atoms with van der Waals surface area (Å²) in [7, 11) is 0. The molecular weight excluding hydrogens is 298 g/mol. The number of aryl methyl sites for hydroxylation is 1. The maximum absolute atomic E-state index is 11.8. The van der Waals surface area contributed by atoms with E-state index < -0.39 is 9.70 Å². The van der Waals surface area contributed by atoms with Crippen LogP contribution < -0.4 is 10.0 Å². The highest BCUT2D eigenvalue weighted by Crippen LogP contribution is 2.28. The lowest BCUT2D eigenvalue weighted by molar-refractivity contribution is -0.614. The van der Waals surface area contributed by atoms with Crippen molar-refractivity contribution in [1.29, 1.82) is 0 Å². The summed E-state index contributed by atoms with van der Waals surface area (Å²) in [4.78, 5) is 11.5. The van der Waals surface area contributed by atoms with Crippen LogP contribution in [0.3, 0.4) is 0 Å². The number of pyridine rings is 1. The molecule has 1 N–H and O–H groups in total. The molecule has 0 bridgehead atoms. The van der Waals surface area contributed by atoms with Gasteiger partial charge in [0.15, 0.2) is 5.69 Å². The van der Waals surface area contributed by atoms with Gasteiger partial charge in [0.1, 0.15) is 5.69 Å². The first-order valence-electron chi connectivity index (χ1n) is 5.51. The number of nitrogens with zero attached hydrogens (tertiary/aromatic N) is 1. The molecule has 1 aliphatic carbocycles. The number of fused-ring (bicyclic) bond motifs is 1. The third-order valence-electron chi connectivity index (χ3n) is 2.85. The Balaban J connectivity index is 2.25. The number of anilines is 1. The summed E-state index contributed by atoms with van der Waals surface area (Å²) < 4.78 is -1.26. The van der Waals surface area contributed by atoms with Crippen LogP contribution in [0.5, 0.6) is 0 Å². The monoisotopic (exact) mass is 308 g/mol. The molecule has 0 unspecified atom stereocenters. The van der Waals surface area contributed by atoms with Crippen LogP contribution in [0.2, 0.25) is 0 Å². The molecule has 1 aromatic heterocycles. The molecule has 0 fully saturated rings. The Labute approximate surface area is 119 Å². The van der Waals surface area contributed by atoms with Gasteiger partial charge in [0, 0.05) is 12.0 Å². The van der Waals surface area contributed by atoms with Crippen LogP contribution >= 0.6 is 34.8 Å². The number of nitrogens with one attached hydrogen (secondary N) is 1. The van der Waals surface area contributed by atoms with E-state index in [4.69, 9.17) is 34.8 Å². The number of amides is 1. The molecule has 1 amide bonds. The molecule has 0 atom stereocenters. The second kappa shape index (κ2) is 5.11. The van der Waals surface area contributed by atoms with Crippen molar-refractivity contribution < 1.29 is 9.52 Å². The van der Waals surface area contributed by atoms with Gasteiger partial charge >= 0.3 is 0 Å². The quantitative estimate of drug-likeness (QED) is 0.492. The van der Waals surface area contributed by atoms with Gasteiger partial charge in [-0.3, -0.25) is 4.79 Å². The predicted molar refractivity (Wildman–Crippen MR) is 71.0 cm³/mol. The molecule has 0 spiro atoms. The summed E-state index contributed by atoms with van der Waals surface area (Å²) in [5.41, 5.74) is 2.05. The Morgan fingerprint density at radius 3 is 2.67 bits per heavy atom. The third-order valence-corrected chi connectivity index (χ3v) is 3.36. The molecule has 0 saturated carbocycles. The number of hydrogen-bond donors (Lipinski definition) is 1. The van der Waals surface area contributed by atoms with E-state index in [1.165, 1.54) is 6.20 Å². The lowest BCUT2D eigenvalue weighted by Gasteiger charge is -2.17. The van der Waals surface area contributed by atoms with Crippen LogP contribution in [0.4, 0.5) is 5.69 Å². The van der Waals surface area contributed by atoms with Crippen molar-refractivity contribution in [3.8, 4) is 0 Å².